The summed E-state index contributed by atoms with van der Waals surface area (Å²) in [5.41, 5.74) is 0.437. The summed E-state index contributed by atoms with van der Waals surface area (Å²) in [6.07, 6.45) is 0.920. The predicted octanol–water partition coefficient (Wildman–Crippen LogP) is 4.04. The molecule has 1 saturated heterocycles. The lowest BCUT2D eigenvalue weighted by atomic mass is 10.2. The number of hydrogen-bond donors (Lipinski definition) is 0. The van der Waals surface area contributed by atoms with Crippen LogP contribution in [-0.4, -0.2) is 53.3 Å². The van der Waals surface area contributed by atoms with Crippen LogP contribution in [0.25, 0.3) is 0 Å². The lowest BCUT2D eigenvalue weighted by Gasteiger charge is -2.28. The van der Waals surface area contributed by atoms with Gasteiger partial charge in [0.2, 0.25) is 0 Å². The first-order valence-corrected chi connectivity index (χ1v) is 9.25. The molecule has 0 radical (unpaired) electrons. The molecule has 0 N–H and O–H groups in total. The van der Waals surface area contributed by atoms with Gasteiger partial charge in [0.05, 0.1) is 6.04 Å². The van der Waals surface area contributed by atoms with Crippen LogP contribution in [0, 0.1) is 0 Å². The number of carbonyl (C=O) groups excluding carboxylic acids is 2. The highest BCUT2D eigenvalue weighted by Gasteiger charge is 2.35. The van der Waals surface area contributed by atoms with Crippen molar-refractivity contribution in [2.75, 3.05) is 19.6 Å². The van der Waals surface area contributed by atoms with Crippen LogP contribution >= 0.6 is 0 Å². The molecule has 0 saturated carbocycles. The molecular formula is C20H30N2O4. The highest BCUT2D eigenvalue weighted by Crippen LogP contribution is 2.20. The smallest absolute Gasteiger partial charge is 0.410 e. The number of benzene rings is 1. The van der Waals surface area contributed by atoms with Crippen molar-refractivity contribution in [1.82, 2.24) is 9.80 Å². The molecular weight excluding hydrogens is 332 g/mol. The van der Waals surface area contributed by atoms with Crippen molar-refractivity contribution in [3.8, 4) is 0 Å². The molecule has 1 fully saturated rings. The van der Waals surface area contributed by atoms with Gasteiger partial charge in [-0.25, -0.2) is 9.59 Å². The van der Waals surface area contributed by atoms with Crippen LogP contribution in [0.2, 0.25) is 0 Å². The number of nitrogens with zero attached hydrogens (tertiary/aromatic N) is 2. The minimum absolute atomic E-state index is 0.0364. The Hall–Kier alpha value is -2.24. The van der Waals surface area contributed by atoms with E-state index in [4.69, 9.17) is 9.47 Å². The Bertz CT molecular complexity index is 598. The van der Waals surface area contributed by atoms with Crippen molar-refractivity contribution in [2.45, 2.75) is 58.8 Å². The lowest BCUT2D eigenvalue weighted by Crippen LogP contribution is -2.44. The standard InChI is InChI=1S/C20H30N2O4/c1-5-12-22(19(24)25-15-16-9-7-6-8-10-16)17-11-13-21(14-17)18(23)26-20(2,3)4/h6-10,17H,5,11-15H2,1-4H3. The van der Waals surface area contributed by atoms with Gasteiger partial charge in [0.1, 0.15) is 12.2 Å². The Morgan fingerprint density at radius 3 is 2.54 bits per heavy atom. The zero-order chi connectivity index (χ0) is 19.2. The maximum atomic E-state index is 12.6. The normalized spacial score (nSPS) is 17.1. The Labute approximate surface area is 156 Å². The zero-order valence-corrected chi connectivity index (χ0v) is 16.2. The summed E-state index contributed by atoms with van der Waals surface area (Å²) in [6, 6.07) is 9.59. The second-order valence-electron chi connectivity index (χ2n) is 7.60. The van der Waals surface area contributed by atoms with E-state index >= 15 is 0 Å². The minimum atomic E-state index is -0.521. The second kappa shape index (κ2) is 8.92. The molecule has 6 heteroatoms. The van der Waals surface area contributed by atoms with E-state index in [0.29, 0.717) is 19.6 Å². The summed E-state index contributed by atoms with van der Waals surface area (Å²) in [5, 5.41) is 0. The molecule has 1 heterocycles. The molecule has 0 aliphatic carbocycles. The molecule has 0 aromatic heterocycles. The third-order valence-corrected chi connectivity index (χ3v) is 4.16. The molecule has 1 aliphatic heterocycles. The average Bonchev–Trinajstić information content (AvgIpc) is 3.07. The van der Waals surface area contributed by atoms with Gasteiger partial charge in [0.25, 0.3) is 0 Å². The highest BCUT2D eigenvalue weighted by atomic mass is 16.6. The lowest BCUT2D eigenvalue weighted by molar-refractivity contribution is 0.0273. The summed E-state index contributed by atoms with van der Waals surface area (Å²) < 4.78 is 10.9. The summed E-state index contributed by atoms with van der Waals surface area (Å²) in [5.74, 6) is 0. The van der Waals surface area contributed by atoms with Crippen molar-refractivity contribution in [2.24, 2.45) is 0 Å². The molecule has 1 aliphatic rings. The van der Waals surface area contributed by atoms with Crippen LogP contribution in [0.5, 0.6) is 0 Å². The summed E-state index contributed by atoms with van der Waals surface area (Å²) in [6.45, 7) is 9.51. The van der Waals surface area contributed by atoms with Crippen LogP contribution in [0.15, 0.2) is 30.3 Å². The van der Waals surface area contributed by atoms with Crippen molar-refractivity contribution in [3.05, 3.63) is 35.9 Å². The van der Waals surface area contributed by atoms with E-state index in [1.807, 2.05) is 58.0 Å². The third kappa shape index (κ3) is 5.93. The van der Waals surface area contributed by atoms with Gasteiger partial charge in [-0.05, 0) is 39.2 Å². The molecule has 1 unspecified atom stereocenters. The van der Waals surface area contributed by atoms with E-state index in [2.05, 4.69) is 0 Å². The van der Waals surface area contributed by atoms with Gasteiger partial charge in [-0.2, -0.15) is 0 Å². The average molecular weight is 362 g/mol. The van der Waals surface area contributed by atoms with E-state index in [0.717, 1.165) is 18.4 Å². The first-order valence-electron chi connectivity index (χ1n) is 9.25. The maximum absolute atomic E-state index is 12.6. The number of hydrogen-bond acceptors (Lipinski definition) is 4. The first-order chi connectivity index (χ1) is 12.3. The number of likely N-dealkylation sites (tertiary alicyclic amines) is 1. The number of amides is 2. The van der Waals surface area contributed by atoms with Crippen LogP contribution < -0.4 is 0 Å². The SMILES string of the molecule is CCCN(C(=O)OCc1ccccc1)C1CCN(C(=O)OC(C)(C)C)C1. The molecule has 1 aromatic carbocycles. The van der Waals surface area contributed by atoms with Gasteiger partial charge < -0.3 is 19.3 Å². The van der Waals surface area contributed by atoms with E-state index in [1.165, 1.54) is 0 Å². The topological polar surface area (TPSA) is 59.1 Å². The molecule has 26 heavy (non-hydrogen) atoms. The fourth-order valence-electron chi connectivity index (χ4n) is 2.95. The maximum Gasteiger partial charge on any atom is 0.410 e. The van der Waals surface area contributed by atoms with Gasteiger partial charge in [-0.3, -0.25) is 0 Å². The molecule has 0 spiro atoms. The van der Waals surface area contributed by atoms with Crippen LogP contribution in [0.3, 0.4) is 0 Å². The molecule has 144 valence electrons. The van der Waals surface area contributed by atoms with Gasteiger partial charge in [0, 0.05) is 19.6 Å². The summed E-state index contributed by atoms with van der Waals surface area (Å²) >= 11 is 0. The summed E-state index contributed by atoms with van der Waals surface area (Å²) in [7, 11) is 0. The monoisotopic (exact) mass is 362 g/mol. The van der Waals surface area contributed by atoms with Gasteiger partial charge in [-0.1, -0.05) is 37.3 Å². The van der Waals surface area contributed by atoms with Gasteiger partial charge in [0.15, 0.2) is 0 Å². The van der Waals surface area contributed by atoms with Crippen LogP contribution in [0.4, 0.5) is 9.59 Å². The van der Waals surface area contributed by atoms with Crippen LogP contribution in [-0.2, 0) is 16.1 Å². The van der Waals surface area contributed by atoms with Crippen molar-refractivity contribution in [1.29, 1.82) is 0 Å². The van der Waals surface area contributed by atoms with Crippen molar-refractivity contribution >= 4 is 12.2 Å². The number of carbonyl (C=O) groups is 2. The molecule has 1 atom stereocenters. The minimum Gasteiger partial charge on any atom is -0.445 e. The predicted molar refractivity (Wildman–Crippen MR) is 99.8 cm³/mol. The fraction of sp³-hybridized carbons (Fsp3) is 0.600. The second-order valence-corrected chi connectivity index (χ2v) is 7.60. The van der Waals surface area contributed by atoms with E-state index < -0.39 is 5.60 Å². The highest BCUT2D eigenvalue weighted by molar-refractivity contribution is 5.70. The Balaban J connectivity index is 1.92. The Morgan fingerprint density at radius 1 is 1.23 bits per heavy atom. The molecule has 1 aromatic rings. The van der Waals surface area contributed by atoms with Gasteiger partial charge in [-0.15, -0.1) is 0 Å². The quantitative estimate of drug-likeness (QED) is 0.793. The zero-order valence-electron chi connectivity index (χ0n) is 16.2. The molecule has 6 nitrogen and oxygen atoms in total. The van der Waals surface area contributed by atoms with Crippen molar-refractivity contribution < 1.29 is 19.1 Å². The Morgan fingerprint density at radius 2 is 1.92 bits per heavy atom. The number of rotatable bonds is 5. The van der Waals surface area contributed by atoms with E-state index in [9.17, 15) is 9.59 Å². The van der Waals surface area contributed by atoms with E-state index in [1.54, 1.807) is 9.80 Å². The van der Waals surface area contributed by atoms with Crippen LogP contribution in [0.1, 0.15) is 46.1 Å². The largest absolute Gasteiger partial charge is 0.445 e. The molecule has 2 rings (SSSR count). The first kappa shape index (κ1) is 20.1. The fourth-order valence-corrected chi connectivity index (χ4v) is 2.95. The third-order valence-electron chi connectivity index (χ3n) is 4.16. The summed E-state index contributed by atoms with van der Waals surface area (Å²) in [4.78, 5) is 28.2. The van der Waals surface area contributed by atoms with Crippen molar-refractivity contribution in [3.63, 3.8) is 0 Å². The van der Waals surface area contributed by atoms with E-state index in [-0.39, 0.29) is 24.8 Å². The molecule has 0 bridgehead atoms. The van der Waals surface area contributed by atoms with Gasteiger partial charge >= 0.3 is 12.2 Å². The Kier molecular flexibility index (Phi) is 6.89. The molecule has 2 amide bonds. The number of ether oxygens (including phenoxy) is 2.